The first kappa shape index (κ1) is 38.6. The molecule has 57 heavy (non-hydrogen) atoms. The van der Waals surface area contributed by atoms with Crippen LogP contribution in [0.2, 0.25) is 0 Å². The Hall–Kier alpha value is -6.68. The highest BCUT2D eigenvalue weighted by Gasteiger charge is 2.42. The number of aromatic nitrogens is 6. The van der Waals surface area contributed by atoms with Gasteiger partial charge in [0.25, 0.3) is 0 Å². The van der Waals surface area contributed by atoms with Crippen LogP contribution < -0.4 is 0 Å². The minimum atomic E-state index is -0.896. The van der Waals surface area contributed by atoms with Gasteiger partial charge in [0, 0.05) is 18.5 Å². The molecule has 0 saturated heterocycles. The summed E-state index contributed by atoms with van der Waals surface area (Å²) in [5.74, 6) is 0.0931. The molecule has 0 unspecified atom stereocenters. The Kier molecular flexibility index (Phi) is 11.8. The van der Waals surface area contributed by atoms with E-state index in [1.54, 1.807) is 13.8 Å². The van der Waals surface area contributed by atoms with E-state index in [9.17, 15) is 9.59 Å². The summed E-state index contributed by atoms with van der Waals surface area (Å²) in [6, 6.07) is 47.5. The minimum absolute atomic E-state index is 0.326. The van der Waals surface area contributed by atoms with Crippen molar-refractivity contribution in [1.29, 1.82) is 0 Å². The second kappa shape index (κ2) is 17.4. The van der Waals surface area contributed by atoms with Gasteiger partial charge in [0.15, 0.2) is 11.5 Å². The first-order valence-electron chi connectivity index (χ1n) is 19.4. The topological polar surface area (TPSA) is 114 Å². The van der Waals surface area contributed by atoms with Crippen LogP contribution >= 0.6 is 0 Å². The van der Waals surface area contributed by atoms with E-state index in [0.29, 0.717) is 36.6 Å². The van der Waals surface area contributed by atoms with Crippen molar-refractivity contribution in [3.05, 3.63) is 179 Å². The van der Waals surface area contributed by atoms with E-state index < -0.39 is 24.3 Å². The summed E-state index contributed by atoms with van der Waals surface area (Å²) in [6.45, 7) is 7.46. The highest BCUT2D eigenvalue weighted by Crippen LogP contribution is 2.43. The van der Waals surface area contributed by atoms with Gasteiger partial charge in [-0.25, -0.2) is 14.5 Å². The van der Waals surface area contributed by atoms with Crippen LogP contribution in [-0.2, 0) is 39.2 Å². The summed E-state index contributed by atoms with van der Waals surface area (Å²) in [7, 11) is 0. The highest BCUT2D eigenvalue weighted by molar-refractivity contribution is 5.89. The average Bonchev–Trinajstić information content (AvgIpc) is 3.88. The Labute approximate surface area is 333 Å². The molecule has 0 amide bonds. The monoisotopic (exact) mass is 758 g/mol. The zero-order valence-corrected chi connectivity index (χ0v) is 32.7. The average molecular weight is 759 g/mol. The van der Waals surface area contributed by atoms with Crippen molar-refractivity contribution in [3.8, 4) is 22.5 Å². The molecule has 0 spiro atoms. The largest absolute Gasteiger partial charge is 0.428 e. The molecule has 0 aliphatic rings. The second-order valence-electron chi connectivity index (χ2n) is 14.1. The molecule has 0 saturated carbocycles. The minimum Gasteiger partial charge on any atom is -0.428 e. The van der Waals surface area contributed by atoms with Gasteiger partial charge >= 0.3 is 11.9 Å². The van der Waals surface area contributed by atoms with Gasteiger partial charge in [0.1, 0.15) is 11.4 Å². The molecule has 0 fully saturated rings. The first-order valence-corrected chi connectivity index (χ1v) is 19.4. The standard InChI is InChI=1S/C47H46N6O4/c1-5-18-42-48-41(6-2)43(46(55)57-32-56-45(54)33(3)4)52(42)31-34-27-29-35(30-28-34)39-25-16-17-26-40(39)44-49-50-51-53(44)47(36-19-10-7-11-20-36,37-21-12-8-13-22-37)38-23-14-9-15-24-38/h7-17,19-30,33H,5-6,18,31-32H2,1-4H3. The van der Waals surface area contributed by atoms with Gasteiger partial charge in [0.2, 0.25) is 6.79 Å². The number of nitrogens with zero attached hydrogens (tertiary/aromatic N) is 6. The lowest BCUT2D eigenvalue weighted by atomic mass is 9.77. The SMILES string of the molecule is CCCc1nc(CC)c(C(=O)OCOC(=O)C(C)C)n1Cc1ccc(-c2ccccc2-c2nnnn2C(c2ccccc2)(c2ccccc2)c2ccccc2)cc1. The number of hydrogen-bond acceptors (Lipinski definition) is 8. The molecular weight excluding hydrogens is 713 g/mol. The summed E-state index contributed by atoms with van der Waals surface area (Å²) in [5.41, 5.74) is 6.99. The number of tetrazole rings is 1. The van der Waals surface area contributed by atoms with Crippen LogP contribution in [-0.4, -0.2) is 48.5 Å². The van der Waals surface area contributed by atoms with E-state index in [0.717, 1.165) is 51.2 Å². The van der Waals surface area contributed by atoms with E-state index in [2.05, 4.69) is 84.9 Å². The van der Waals surface area contributed by atoms with E-state index in [-0.39, 0.29) is 5.92 Å². The Morgan fingerprint density at radius 1 is 0.702 bits per heavy atom. The van der Waals surface area contributed by atoms with Crippen molar-refractivity contribution >= 4 is 11.9 Å². The maximum absolute atomic E-state index is 13.5. The van der Waals surface area contributed by atoms with Crippen LogP contribution in [0.3, 0.4) is 0 Å². The maximum atomic E-state index is 13.5. The molecule has 7 rings (SSSR count). The number of carbonyl (C=O) groups excluding carboxylic acids is 2. The van der Waals surface area contributed by atoms with Crippen molar-refractivity contribution in [3.63, 3.8) is 0 Å². The maximum Gasteiger partial charge on any atom is 0.359 e. The molecule has 0 aliphatic heterocycles. The number of imidazole rings is 1. The molecule has 0 bridgehead atoms. The number of hydrogen-bond donors (Lipinski definition) is 0. The zero-order valence-electron chi connectivity index (χ0n) is 32.7. The molecule has 2 aromatic heterocycles. The molecule has 7 aromatic rings. The fraction of sp³-hybridized carbons (Fsp3) is 0.234. The van der Waals surface area contributed by atoms with Crippen LogP contribution in [0.1, 0.15) is 78.4 Å². The third-order valence-corrected chi connectivity index (χ3v) is 10.1. The van der Waals surface area contributed by atoms with Crippen molar-refractivity contribution in [2.45, 2.75) is 59.0 Å². The molecule has 288 valence electrons. The van der Waals surface area contributed by atoms with Crippen LogP contribution in [0.4, 0.5) is 0 Å². The Morgan fingerprint density at radius 2 is 1.26 bits per heavy atom. The highest BCUT2D eigenvalue weighted by atomic mass is 16.7. The molecule has 10 heteroatoms. The quantitative estimate of drug-likeness (QED) is 0.0579. The predicted molar refractivity (Wildman–Crippen MR) is 219 cm³/mol. The van der Waals surface area contributed by atoms with Gasteiger partial charge in [-0.2, -0.15) is 0 Å². The third kappa shape index (κ3) is 7.76. The van der Waals surface area contributed by atoms with Crippen LogP contribution in [0.25, 0.3) is 22.5 Å². The third-order valence-electron chi connectivity index (χ3n) is 10.1. The Morgan fingerprint density at radius 3 is 1.81 bits per heavy atom. The lowest BCUT2D eigenvalue weighted by Gasteiger charge is -2.36. The smallest absolute Gasteiger partial charge is 0.359 e. The number of carbonyl (C=O) groups is 2. The fourth-order valence-electron chi connectivity index (χ4n) is 7.38. The Balaban J connectivity index is 1.27. The molecule has 5 aromatic carbocycles. The summed E-state index contributed by atoms with van der Waals surface area (Å²) < 4.78 is 14.5. The Bertz CT molecular complexity index is 2330. The van der Waals surface area contributed by atoms with Crippen LogP contribution in [0.5, 0.6) is 0 Å². The van der Waals surface area contributed by atoms with Gasteiger partial charge < -0.3 is 14.0 Å². The lowest BCUT2D eigenvalue weighted by Crippen LogP contribution is -2.39. The zero-order chi connectivity index (χ0) is 39.8. The number of ether oxygens (including phenoxy) is 2. The van der Waals surface area contributed by atoms with Gasteiger partial charge in [0.05, 0.1) is 11.6 Å². The van der Waals surface area contributed by atoms with Crippen molar-refractivity contribution in [2.24, 2.45) is 5.92 Å². The molecule has 0 radical (unpaired) electrons. The van der Waals surface area contributed by atoms with Gasteiger partial charge in [-0.15, -0.1) is 5.10 Å². The van der Waals surface area contributed by atoms with Crippen molar-refractivity contribution < 1.29 is 19.1 Å². The number of benzene rings is 5. The fourth-order valence-corrected chi connectivity index (χ4v) is 7.38. The van der Waals surface area contributed by atoms with Crippen molar-refractivity contribution in [1.82, 2.24) is 29.8 Å². The van der Waals surface area contributed by atoms with Crippen molar-refractivity contribution in [2.75, 3.05) is 6.79 Å². The summed E-state index contributed by atoms with van der Waals surface area (Å²) in [4.78, 5) is 30.3. The molecule has 0 N–H and O–H groups in total. The summed E-state index contributed by atoms with van der Waals surface area (Å²) in [6.07, 6.45) is 2.10. The van der Waals surface area contributed by atoms with Gasteiger partial charge in [-0.3, -0.25) is 4.79 Å². The normalized spacial score (nSPS) is 11.5. The van der Waals surface area contributed by atoms with Crippen LogP contribution in [0, 0.1) is 5.92 Å². The molecular formula is C47H46N6O4. The molecule has 2 heterocycles. The van der Waals surface area contributed by atoms with E-state index in [1.807, 2.05) is 82.9 Å². The molecule has 0 atom stereocenters. The lowest BCUT2D eigenvalue weighted by molar-refractivity contribution is -0.155. The molecule has 0 aliphatic carbocycles. The summed E-state index contributed by atoms with van der Waals surface area (Å²) in [5, 5.41) is 13.8. The van der Waals surface area contributed by atoms with E-state index >= 15 is 0 Å². The summed E-state index contributed by atoms with van der Waals surface area (Å²) >= 11 is 0. The predicted octanol–water partition coefficient (Wildman–Crippen LogP) is 8.92. The number of esters is 2. The van der Waals surface area contributed by atoms with E-state index in [4.69, 9.17) is 24.8 Å². The van der Waals surface area contributed by atoms with Gasteiger partial charge in [-0.05, 0) is 56.6 Å². The van der Waals surface area contributed by atoms with E-state index in [1.165, 1.54) is 0 Å². The van der Waals surface area contributed by atoms with Gasteiger partial charge in [-0.1, -0.05) is 167 Å². The number of rotatable bonds is 15. The van der Waals surface area contributed by atoms with Crippen LogP contribution in [0.15, 0.2) is 140 Å². The first-order chi connectivity index (χ1) is 27.9. The second-order valence-corrected chi connectivity index (χ2v) is 14.1. The molecule has 10 nitrogen and oxygen atoms in total. The number of aryl methyl sites for hydroxylation is 2.